The summed E-state index contributed by atoms with van der Waals surface area (Å²) >= 11 is 0. The minimum Gasteiger partial charge on any atom is -0.316 e. The lowest BCUT2D eigenvalue weighted by Crippen LogP contribution is -2.63. The van der Waals surface area contributed by atoms with Gasteiger partial charge in [-0.05, 0) is 33.2 Å². The lowest BCUT2D eigenvalue weighted by molar-refractivity contribution is -0.0368. The predicted octanol–water partition coefficient (Wildman–Crippen LogP) is 2.11. The molecule has 84 valence electrons. The largest absolute Gasteiger partial charge is 0.316 e. The maximum absolute atomic E-state index is 3.51. The molecule has 0 atom stereocenters. The van der Waals surface area contributed by atoms with E-state index in [0.717, 1.165) is 6.04 Å². The van der Waals surface area contributed by atoms with E-state index in [2.05, 4.69) is 24.1 Å². The van der Waals surface area contributed by atoms with Gasteiger partial charge in [0.2, 0.25) is 0 Å². The van der Waals surface area contributed by atoms with Gasteiger partial charge in [0.15, 0.2) is 0 Å². The number of rotatable bonds is 1. The molecule has 2 fully saturated rings. The Morgan fingerprint density at radius 1 is 1.21 bits per heavy atom. The van der Waals surface area contributed by atoms with Gasteiger partial charge in [0.1, 0.15) is 0 Å². The van der Waals surface area contributed by atoms with Gasteiger partial charge in [0.05, 0.1) is 0 Å². The Hall–Kier alpha value is -0.0800. The molecule has 0 aromatic rings. The van der Waals surface area contributed by atoms with Crippen LogP contribution in [0.3, 0.4) is 0 Å². The molecule has 1 N–H and O–H groups in total. The van der Waals surface area contributed by atoms with Crippen molar-refractivity contribution in [3.63, 3.8) is 0 Å². The van der Waals surface area contributed by atoms with Gasteiger partial charge in [-0.2, -0.15) is 0 Å². The Morgan fingerprint density at radius 3 is 2.29 bits per heavy atom. The van der Waals surface area contributed by atoms with Crippen LogP contribution in [0.4, 0.5) is 0 Å². The summed E-state index contributed by atoms with van der Waals surface area (Å²) in [7, 11) is 0. The van der Waals surface area contributed by atoms with Gasteiger partial charge in [-0.1, -0.05) is 13.8 Å². The molecule has 2 nitrogen and oxygen atoms in total. The zero-order valence-corrected chi connectivity index (χ0v) is 10.3. The van der Waals surface area contributed by atoms with E-state index < -0.39 is 0 Å². The third-order valence-corrected chi connectivity index (χ3v) is 3.37. The van der Waals surface area contributed by atoms with Gasteiger partial charge in [-0.3, -0.25) is 4.90 Å². The summed E-state index contributed by atoms with van der Waals surface area (Å²) in [6.07, 6.45) is 2.83. The lowest BCUT2D eigenvalue weighted by Gasteiger charge is -2.54. The smallest absolute Gasteiger partial charge is 0.00829 e. The second-order valence-corrected chi connectivity index (χ2v) is 4.78. The molecule has 2 rings (SSSR count). The molecule has 1 spiro atoms. The summed E-state index contributed by atoms with van der Waals surface area (Å²) in [4.78, 5) is 2.58. The summed E-state index contributed by atoms with van der Waals surface area (Å²) in [5, 5.41) is 3.51. The minimum absolute atomic E-state index is 0.669. The number of hydrogen-bond donors (Lipinski definition) is 1. The highest BCUT2D eigenvalue weighted by molar-refractivity contribution is 4.99. The first-order chi connectivity index (χ1) is 6.72. The normalized spacial score (nSPS) is 25.5. The number of nitrogens with zero attached hydrogens (tertiary/aromatic N) is 1. The van der Waals surface area contributed by atoms with Crippen molar-refractivity contribution in [3.05, 3.63) is 0 Å². The lowest BCUT2D eigenvalue weighted by atomic mass is 9.73. The number of hydrogen-bond acceptors (Lipinski definition) is 2. The fourth-order valence-electron chi connectivity index (χ4n) is 2.48. The molecule has 0 bridgehead atoms. The zero-order chi connectivity index (χ0) is 10.6. The monoisotopic (exact) mass is 198 g/mol. The highest BCUT2D eigenvalue weighted by Crippen LogP contribution is 2.37. The summed E-state index contributed by atoms with van der Waals surface area (Å²) in [5.74, 6) is 0. The second-order valence-electron chi connectivity index (χ2n) is 4.78. The molecule has 0 radical (unpaired) electrons. The standard InChI is InChI=1S/C10H20N2.C2H6/c1-9(2)12-7-10(8-12)4-3-5-11-6-10;1-2/h9,11H,3-8H2,1-2H3;1-2H3. The van der Waals surface area contributed by atoms with E-state index >= 15 is 0 Å². The Kier molecular flexibility index (Phi) is 4.39. The van der Waals surface area contributed by atoms with Crippen molar-refractivity contribution in [2.24, 2.45) is 5.41 Å². The van der Waals surface area contributed by atoms with Crippen LogP contribution >= 0.6 is 0 Å². The van der Waals surface area contributed by atoms with Crippen LogP contribution in [0.25, 0.3) is 0 Å². The van der Waals surface area contributed by atoms with Gasteiger partial charge in [-0.15, -0.1) is 0 Å². The number of nitrogens with one attached hydrogen (secondary N) is 1. The molecule has 2 aliphatic rings. The maximum Gasteiger partial charge on any atom is 0.00829 e. The van der Waals surface area contributed by atoms with Crippen LogP contribution in [0, 0.1) is 5.41 Å². The first-order valence-corrected chi connectivity index (χ1v) is 6.17. The van der Waals surface area contributed by atoms with Crippen molar-refractivity contribution in [1.29, 1.82) is 0 Å². The Labute approximate surface area is 89.1 Å². The van der Waals surface area contributed by atoms with Crippen molar-refractivity contribution >= 4 is 0 Å². The van der Waals surface area contributed by atoms with Crippen LogP contribution < -0.4 is 5.32 Å². The molecule has 2 heteroatoms. The van der Waals surface area contributed by atoms with E-state index in [1.54, 1.807) is 0 Å². The first kappa shape index (κ1) is 12.0. The molecule has 0 aliphatic carbocycles. The second kappa shape index (κ2) is 5.13. The van der Waals surface area contributed by atoms with Crippen LogP contribution in [0.2, 0.25) is 0 Å². The quantitative estimate of drug-likeness (QED) is 0.694. The van der Waals surface area contributed by atoms with E-state index in [9.17, 15) is 0 Å². The van der Waals surface area contributed by atoms with Crippen molar-refractivity contribution in [2.45, 2.75) is 46.6 Å². The molecule has 2 saturated heterocycles. The summed E-state index contributed by atoms with van der Waals surface area (Å²) in [5.41, 5.74) is 0.669. The van der Waals surface area contributed by atoms with Crippen LogP contribution in [0.15, 0.2) is 0 Å². The maximum atomic E-state index is 3.51. The van der Waals surface area contributed by atoms with Crippen molar-refractivity contribution in [3.8, 4) is 0 Å². The van der Waals surface area contributed by atoms with Gasteiger partial charge < -0.3 is 5.32 Å². The summed E-state index contributed by atoms with van der Waals surface area (Å²) in [6.45, 7) is 13.8. The Bertz CT molecular complexity index is 152. The molecule has 0 amide bonds. The van der Waals surface area contributed by atoms with Crippen LogP contribution in [0.1, 0.15) is 40.5 Å². The van der Waals surface area contributed by atoms with E-state index in [1.807, 2.05) is 13.8 Å². The molecule has 0 aromatic carbocycles. The molecule has 0 unspecified atom stereocenters. The SMILES string of the molecule is CC.CC(C)N1CC2(CCCNC2)C1. The van der Waals surface area contributed by atoms with E-state index in [1.165, 1.54) is 39.0 Å². The summed E-state index contributed by atoms with van der Waals surface area (Å²) < 4.78 is 0. The molecule has 0 aromatic heterocycles. The Balaban J connectivity index is 0.000000461. The molecular weight excluding hydrogens is 172 g/mol. The molecule has 2 heterocycles. The van der Waals surface area contributed by atoms with E-state index in [-0.39, 0.29) is 0 Å². The third-order valence-electron chi connectivity index (χ3n) is 3.37. The van der Waals surface area contributed by atoms with Gasteiger partial charge in [0.25, 0.3) is 0 Å². The van der Waals surface area contributed by atoms with Crippen LogP contribution in [-0.2, 0) is 0 Å². The average molecular weight is 198 g/mol. The highest BCUT2D eigenvalue weighted by Gasteiger charge is 2.43. The average Bonchev–Trinajstić information content (AvgIpc) is 2.18. The summed E-state index contributed by atoms with van der Waals surface area (Å²) in [6, 6.07) is 0.748. The van der Waals surface area contributed by atoms with Crippen molar-refractivity contribution < 1.29 is 0 Å². The molecular formula is C12H26N2. The van der Waals surface area contributed by atoms with Crippen molar-refractivity contribution in [2.75, 3.05) is 26.2 Å². The molecule has 0 saturated carbocycles. The van der Waals surface area contributed by atoms with Crippen molar-refractivity contribution in [1.82, 2.24) is 10.2 Å². The van der Waals surface area contributed by atoms with Gasteiger partial charge in [0, 0.05) is 31.1 Å². The highest BCUT2D eigenvalue weighted by atomic mass is 15.2. The Morgan fingerprint density at radius 2 is 1.86 bits per heavy atom. The van der Waals surface area contributed by atoms with E-state index in [4.69, 9.17) is 0 Å². The number of likely N-dealkylation sites (tertiary alicyclic amines) is 1. The fraction of sp³-hybridized carbons (Fsp3) is 1.00. The van der Waals surface area contributed by atoms with Crippen LogP contribution in [0.5, 0.6) is 0 Å². The number of piperidine rings is 1. The predicted molar refractivity (Wildman–Crippen MR) is 62.6 cm³/mol. The fourth-order valence-corrected chi connectivity index (χ4v) is 2.48. The van der Waals surface area contributed by atoms with Crippen LogP contribution in [-0.4, -0.2) is 37.1 Å². The molecule has 2 aliphatic heterocycles. The topological polar surface area (TPSA) is 15.3 Å². The first-order valence-electron chi connectivity index (χ1n) is 6.17. The molecule has 14 heavy (non-hydrogen) atoms. The minimum atomic E-state index is 0.669. The van der Waals surface area contributed by atoms with Gasteiger partial charge >= 0.3 is 0 Å². The van der Waals surface area contributed by atoms with Gasteiger partial charge in [-0.25, -0.2) is 0 Å². The zero-order valence-electron chi connectivity index (χ0n) is 10.3. The third kappa shape index (κ3) is 2.48. The van der Waals surface area contributed by atoms with E-state index in [0.29, 0.717) is 5.41 Å².